The second-order valence-corrected chi connectivity index (χ2v) is 4.80. The van der Waals surface area contributed by atoms with Crippen LogP contribution in [0.2, 0.25) is 0 Å². The lowest BCUT2D eigenvalue weighted by Crippen LogP contribution is -2.16. The third-order valence-corrected chi connectivity index (χ3v) is 3.30. The second kappa shape index (κ2) is 5.14. The molecule has 0 saturated carbocycles. The summed E-state index contributed by atoms with van der Waals surface area (Å²) >= 11 is 1.54. The van der Waals surface area contributed by atoms with Crippen molar-refractivity contribution in [2.24, 2.45) is 5.73 Å². The van der Waals surface area contributed by atoms with Crippen molar-refractivity contribution in [3.63, 3.8) is 0 Å². The topological polar surface area (TPSA) is 83.0 Å². The van der Waals surface area contributed by atoms with Crippen LogP contribution in [0, 0.1) is 5.41 Å². The van der Waals surface area contributed by atoms with Crippen LogP contribution in [-0.4, -0.2) is 27.3 Å². The first-order valence-corrected chi connectivity index (χ1v) is 5.54. The molecule has 5 heteroatoms. The van der Waals surface area contributed by atoms with Crippen LogP contribution in [0.5, 0.6) is 0 Å². The van der Waals surface area contributed by atoms with Crippen molar-refractivity contribution < 1.29 is 5.11 Å². The largest absolute Gasteiger partial charge is 0.392 e. The smallest absolute Gasteiger partial charge is 0.141 e. The molecule has 0 spiro atoms. The van der Waals surface area contributed by atoms with Crippen molar-refractivity contribution in [3.05, 3.63) is 24.0 Å². The number of aliphatic hydroxyl groups is 1. The molecule has 1 heterocycles. The van der Waals surface area contributed by atoms with Gasteiger partial charge in [0.25, 0.3) is 0 Å². The Morgan fingerprint density at radius 3 is 2.80 bits per heavy atom. The Labute approximate surface area is 93.4 Å². The van der Waals surface area contributed by atoms with E-state index in [1.165, 1.54) is 0 Å². The highest BCUT2D eigenvalue weighted by Crippen LogP contribution is 2.25. The van der Waals surface area contributed by atoms with Gasteiger partial charge in [-0.15, -0.1) is 11.8 Å². The molecule has 4 N–H and O–H groups in total. The maximum Gasteiger partial charge on any atom is 0.141 e. The average Bonchev–Trinajstić information content (AvgIpc) is 2.18. The fourth-order valence-electron chi connectivity index (χ4n) is 0.945. The molecule has 0 fully saturated rings. The fourth-order valence-corrected chi connectivity index (χ4v) is 1.89. The first kappa shape index (κ1) is 12.0. The summed E-state index contributed by atoms with van der Waals surface area (Å²) < 4.78 is 0. The molecular weight excluding hydrogens is 210 g/mol. The normalized spacial score (nSPS) is 14.6. The number of aromatic nitrogens is 1. The van der Waals surface area contributed by atoms with E-state index >= 15 is 0 Å². The van der Waals surface area contributed by atoms with E-state index < -0.39 is 0 Å². The zero-order chi connectivity index (χ0) is 11.4. The van der Waals surface area contributed by atoms with E-state index in [0.717, 1.165) is 4.90 Å². The molecule has 15 heavy (non-hydrogen) atoms. The number of thioether (sulfide) groups is 1. The monoisotopic (exact) mass is 225 g/mol. The minimum atomic E-state index is -0.371. The lowest BCUT2D eigenvalue weighted by Gasteiger charge is -2.14. The summed E-state index contributed by atoms with van der Waals surface area (Å²) in [6, 6.07) is 3.60. The Morgan fingerprint density at radius 2 is 2.27 bits per heavy atom. The summed E-state index contributed by atoms with van der Waals surface area (Å²) in [5, 5.41) is 16.7. The molecule has 0 saturated heterocycles. The predicted octanol–water partition coefficient (Wildman–Crippen LogP) is 1.23. The highest BCUT2D eigenvalue weighted by atomic mass is 32.2. The van der Waals surface area contributed by atoms with Gasteiger partial charge in [-0.25, -0.2) is 0 Å². The van der Waals surface area contributed by atoms with Crippen LogP contribution < -0.4 is 5.73 Å². The molecule has 0 amide bonds. The van der Waals surface area contributed by atoms with Gasteiger partial charge in [-0.1, -0.05) is 6.92 Å². The number of nitrogens with zero attached hydrogens (tertiary/aromatic N) is 1. The van der Waals surface area contributed by atoms with E-state index in [-0.39, 0.29) is 17.2 Å². The van der Waals surface area contributed by atoms with Crippen molar-refractivity contribution in [1.82, 2.24) is 4.98 Å². The van der Waals surface area contributed by atoms with Gasteiger partial charge in [0.15, 0.2) is 0 Å². The van der Waals surface area contributed by atoms with E-state index in [4.69, 9.17) is 11.1 Å². The SMILES string of the molecule is CC(O)C(C)Sc1ccnc(C(=N)N)c1. The number of nitrogens with two attached hydrogens (primary N) is 1. The molecule has 1 aromatic rings. The lowest BCUT2D eigenvalue weighted by molar-refractivity contribution is 0.196. The molecule has 1 aromatic heterocycles. The number of nitrogens with one attached hydrogen (secondary N) is 1. The van der Waals surface area contributed by atoms with Gasteiger partial charge >= 0.3 is 0 Å². The summed E-state index contributed by atoms with van der Waals surface area (Å²) in [6.07, 6.45) is 1.25. The van der Waals surface area contributed by atoms with Gasteiger partial charge in [0.1, 0.15) is 11.5 Å². The molecule has 4 nitrogen and oxygen atoms in total. The van der Waals surface area contributed by atoms with Crippen molar-refractivity contribution >= 4 is 17.6 Å². The molecule has 0 aliphatic rings. The van der Waals surface area contributed by atoms with Gasteiger partial charge < -0.3 is 10.8 Å². The predicted molar refractivity (Wildman–Crippen MR) is 62.3 cm³/mol. The Kier molecular flexibility index (Phi) is 4.11. The van der Waals surface area contributed by atoms with Crippen LogP contribution >= 0.6 is 11.8 Å². The number of nitrogen functional groups attached to an aromatic ring is 1. The summed E-state index contributed by atoms with van der Waals surface area (Å²) in [7, 11) is 0. The van der Waals surface area contributed by atoms with Crippen LogP contribution in [-0.2, 0) is 0 Å². The van der Waals surface area contributed by atoms with E-state index in [1.54, 1.807) is 30.9 Å². The maximum absolute atomic E-state index is 9.36. The minimum absolute atomic E-state index is 0.0397. The van der Waals surface area contributed by atoms with Gasteiger partial charge in [-0.05, 0) is 19.1 Å². The van der Waals surface area contributed by atoms with Crippen LogP contribution in [0.25, 0.3) is 0 Å². The van der Waals surface area contributed by atoms with Crippen molar-refractivity contribution in [1.29, 1.82) is 5.41 Å². The molecular formula is C10H15N3OS. The van der Waals surface area contributed by atoms with Gasteiger partial charge in [-0.3, -0.25) is 10.4 Å². The van der Waals surface area contributed by atoms with Crippen LogP contribution in [0.15, 0.2) is 23.2 Å². The van der Waals surface area contributed by atoms with E-state index in [9.17, 15) is 5.11 Å². The summed E-state index contributed by atoms with van der Waals surface area (Å²) in [5.41, 5.74) is 5.81. The van der Waals surface area contributed by atoms with Crippen LogP contribution in [0.1, 0.15) is 19.5 Å². The van der Waals surface area contributed by atoms with Crippen LogP contribution in [0.3, 0.4) is 0 Å². The molecule has 0 aliphatic heterocycles. The minimum Gasteiger partial charge on any atom is -0.392 e. The first-order chi connectivity index (χ1) is 7.00. The standard InChI is InChI=1S/C10H15N3OS/c1-6(14)7(2)15-8-3-4-13-9(5-8)10(11)12/h3-7,14H,1-2H3,(H3,11,12). The Balaban J connectivity index is 2.78. The van der Waals surface area contributed by atoms with Gasteiger partial charge in [0.05, 0.1) is 6.10 Å². The van der Waals surface area contributed by atoms with Gasteiger partial charge in [-0.2, -0.15) is 0 Å². The maximum atomic E-state index is 9.36. The second-order valence-electron chi connectivity index (χ2n) is 3.35. The number of aliphatic hydroxyl groups excluding tert-OH is 1. The highest BCUT2D eigenvalue weighted by Gasteiger charge is 2.11. The third kappa shape index (κ3) is 3.53. The van der Waals surface area contributed by atoms with Crippen molar-refractivity contribution in [2.75, 3.05) is 0 Å². The van der Waals surface area contributed by atoms with E-state index in [1.807, 2.05) is 13.0 Å². The molecule has 0 aliphatic carbocycles. The zero-order valence-corrected chi connectivity index (χ0v) is 9.58. The zero-order valence-electron chi connectivity index (χ0n) is 8.77. The van der Waals surface area contributed by atoms with E-state index in [2.05, 4.69) is 4.98 Å². The quantitative estimate of drug-likeness (QED) is 0.409. The number of hydrogen-bond acceptors (Lipinski definition) is 4. The molecule has 0 aromatic carbocycles. The van der Waals surface area contributed by atoms with Crippen molar-refractivity contribution in [2.45, 2.75) is 30.1 Å². The molecule has 2 atom stereocenters. The lowest BCUT2D eigenvalue weighted by atomic mass is 10.3. The van der Waals surface area contributed by atoms with Crippen LogP contribution in [0.4, 0.5) is 0 Å². The highest BCUT2D eigenvalue weighted by molar-refractivity contribution is 8.00. The summed E-state index contributed by atoms with van der Waals surface area (Å²) in [4.78, 5) is 4.93. The number of amidine groups is 1. The Hall–Kier alpha value is -1.07. The fraction of sp³-hybridized carbons (Fsp3) is 0.400. The Bertz CT molecular complexity index is 354. The number of rotatable bonds is 4. The number of hydrogen-bond donors (Lipinski definition) is 3. The molecule has 0 bridgehead atoms. The molecule has 1 rings (SSSR count). The van der Waals surface area contributed by atoms with Crippen molar-refractivity contribution in [3.8, 4) is 0 Å². The molecule has 82 valence electrons. The summed E-state index contributed by atoms with van der Waals surface area (Å²) in [6.45, 7) is 3.70. The first-order valence-electron chi connectivity index (χ1n) is 4.66. The Morgan fingerprint density at radius 1 is 1.60 bits per heavy atom. The molecule has 0 radical (unpaired) electrons. The third-order valence-electron chi connectivity index (χ3n) is 2.01. The average molecular weight is 225 g/mol. The summed E-state index contributed by atoms with van der Waals surface area (Å²) in [5.74, 6) is -0.0397. The molecule has 2 unspecified atom stereocenters. The number of pyridine rings is 1. The van der Waals surface area contributed by atoms with E-state index in [0.29, 0.717) is 5.69 Å². The van der Waals surface area contributed by atoms with Gasteiger partial charge in [0, 0.05) is 16.3 Å². The van der Waals surface area contributed by atoms with Gasteiger partial charge in [0.2, 0.25) is 0 Å².